The number of benzene rings is 2. The summed E-state index contributed by atoms with van der Waals surface area (Å²) in [4.78, 5) is 36.6. The number of ether oxygens (including phenoxy) is 2. The van der Waals surface area contributed by atoms with Crippen molar-refractivity contribution in [1.29, 1.82) is 0 Å². The predicted octanol–water partition coefficient (Wildman–Crippen LogP) is 3.08. The topological polar surface area (TPSA) is 137 Å². The summed E-state index contributed by atoms with van der Waals surface area (Å²) in [6.45, 7) is 0.746. The van der Waals surface area contributed by atoms with Crippen LogP contribution in [0, 0.1) is 5.92 Å². The third-order valence-electron chi connectivity index (χ3n) is 5.65. The number of aromatic amines is 1. The molecule has 0 aliphatic heterocycles. The van der Waals surface area contributed by atoms with Crippen LogP contribution in [-0.4, -0.2) is 31.7 Å². The maximum Gasteiger partial charge on any atom is 0.419 e. The number of nitrogens with one attached hydrogen (secondary N) is 2. The van der Waals surface area contributed by atoms with Crippen LogP contribution in [0.1, 0.15) is 42.5 Å². The zero-order chi connectivity index (χ0) is 23.8. The Morgan fingerprint density at radius 3 is 2.42 bits per heavy atom. The molecular formula is C24H29N3O6. The van der Waals surface area contributed by atoms with Crippen molar-refractivity contribution in [3.63, 3.8) is 0 Å². The lowest BCUT2D eigenvalue weighted by Crippen LogP contribution is -2.30. The average molecular weight is 456 g/mol. The van der Waals surface area contributed by atoms with E-state index in [1.807, 2.05) is 0 Å². The van der Waals surface area contributed by atoms with Gasteiger partial charge in [0.1, 0.15) is 11.5 Å². The fourth-order valence-corrected chi connectivity index (χ4v) is 3.79. The van der Waals surface area contributed by atoms with Gasteiger partial charge in [-0.3, -0.25) is 9.78 Å². The number of carbonyl (C=O) groups is 1. The summed E-state index contributed by atoms with van der Waals surface area (Å²) in [5.74, 6) is 0.938. The number of methoxy groups -OCH3 is 2. The van der Waals surface area contributed by atoms with Gasteiger partial charge in [-0.2, -0.15) is 0 Å². The standard InChI is InChI=1S/C15H22N2O2.C9H7NO4/c1-19-12-7-8-14(16)13(9-12)15(18)17-10-11-5-3-2-4-6-11;1-13-5-2-3-7-6(4-5)8(11)14-9(12)10-7/h7-9,11H,2-6,10,16H2,1H3,(H,17,18);2-4H,1H3,(H,10,12). The summed E-state index contributed by atoms with van der Waals surface area (Å²) in [6.07, 6.45) is 6.32. The number of nitrogen functional groups attached to an aromatic ring is 1. The smallest absolute Gasteiger partial charge is 0.419 e. The molecule has 1 amide bonds. The molecule has 0 unspecified atom stereocenters. The van der Waals surface area contributed by atoms with Crippen molar-refractivity contribution < 1.29 is 18.7 Å². The summed E-state index contributed by atoms with van der Waals surface area (Å²) >= 11 is 0. The monoisotopic (exact) mass is 455 g/mol. The van der Waals surface area contributed by atoms with E-state index in [0.29, 0.717) is 39.6 Å². The molecule has 4 N–H and O–H groups in total. The molecule has 3 aromatic rings. The number of fused-ring (bicyclic) bond motifs is 1. The number of amides is 1. The molecule has 1 saturated carbocycles. The zero-order valence-electron chi connectivity index (χ0n) is 18.8. The molecule has 0 bridgehead atoms. The van der Waals surface area contributed by atoms with Gasteiger partial charge in [-0.1, -0.05) is 19.3 Å². The molecule has 4 rings (SSSR count). The van der Waals surface area contributed by atoms with Crippen LogP contribution in [0.5, 0.6) is 11.5 Å². The van der Waals surface area contributed by atoms with E-state index in [4.69, 9.17) is 15.2 Å². The van der Waals surface area contributed by atoms with E-state index in [9.17, 15) is 14.4 Å². The Morgan fingerprint density at radius 2 is 1.73 bits per heavy atom. The number of carbonyl (C=O) groups excluding carboxylic acids is 1. The van der Waals surface area contributed by atoms with Gasteiger partial charge >= 0.3 is 11.4 Å². The number of nitrogens with two attached hydrogens (primary N) is 1. The minimum absolute atomic E-state index is 0.109. The molecule has 1 fully saturated rings. The lowest BCUT2D eigenvalue weighted by atomic mass is 9.89. The van der Waals surface area contributed by atoms with E-state index in [-0.39, 0.29) is 5.91 Å². The van der Waals surface area contributed by atoms with Crippen LogP contribution in [0.3, 0.4) is 0 Å². The van der Waals surface area contributed by atoms with E-state index < -0.39 is 11.4 Å². The molecule has 1 heterocycles. The lowest BCUT2D eigenvalue weighted by molar-refractivity contribution is 0.0944. The summed E-state index contributed by atoms with van der Waals surface area (Å²) < 4.78 is 14.4. The van der Waals surface area contributed by atoms with Crippen LogP contribution >= 0.6 is 0 Å². The van der Waals surface area contributed by atoms with Crippen molar-refractivity contribution in [1.82, 2.24) is 10.3 Å². The second kappa shape index (κ2) is 11.2. The Bertz CT molecular complexity index is 1210. The summed E-state index contributed by atoms with van der Waals surface area (Å²) in [5.41, 5.74) is 6.59. The Morgan fingerprint density at radius 1 is 1.06 bits per heavy atom. The molecule has 33 heavy (non-hydrogen) atoms. The molecule has 0 spiro atoms. The number of aromatic nitrogens is 1. The van der Waals surface area contributed by atoms with Crippen LogP contribution in [0.15, 0.2) is 50.4 Å². The van der Waals surface area contributed by atoms with Crippen molar-refractivity contribution in [2.75, 3.05) is 26.5 Å². The van der Waals surface area contributed by atoms with Crippen molar-refractivity contribution in [2.45, 2.75) is 32.1 Å². The zero-order valence-corrected chi connectivity index (χ0v) is 18.8. The van der Waals surface area contributed by atoms with E-state index in [1.54, 1.807) is 37.4 Å². The van der Waals surface area contributed by atoms with Gasteiger partial charge in [0, 0.05) is 12.2 Å². The largest absolute Gasteiger partial charge is 0.497 e. The van der Waals surface area contributed by atoms with E-state index in [0.717, 1.165) is 6.54 Å². The van der Waals surface area contributed by atoms with Gasteiger partial charge in [0.2, 0.25) is 0 Å². The highest BCUT2D eigenvalue weighted by Crippen LogP contribution is 2.23. The number of anilines is 1. The van der Waals surface area contributed by atoms with Gasteiger partial charge in [-0.15, -0.1) is 0 Å². The van der Waals surface area contributed by atoms with Crippen LogP contribution in [0.4, 0.5) is 5.69 Å². The average Bonchev–Trinajstić information content (AvgIpc) is 2.83. The second-order valence-corrected chi connectivity index (χ2v) is 7.88. The number of H-pyrrole nitrogens is 1. The highest BCUT2D eigenvalue weighted by Gasteiger charge is 2.16. The first kappa shape index (κ1) is 23.9. The minimum atomic E-state index is -0.757. The molecule has 0 saturated heterocycles. The van der Waals surface area contributed by atoms with Gasteiger partial charge in [0.25, 0.3) is 5.91 Å². The highest BCUT2D eigenvalue weighted by atomic mass is 16.5. The van der Waals surface area contributed by atoms with Crippen molar-refractivity contribution >= 4 is 22.5 Å². The second-order valence-electron chi connectivity index (χ2n) is 7.88. The Balaban J connectivity index is 0.000000194. The summed E-state index contributed by atoms with van der Waals surface area (Å²) in [6, 6.07) is 9.90. The Hall–Kier alpha value is -3.75. The summed E-state index contributed by atoms with van der Waals surface area (Å²) in [5, 5.41) is 3.28. The van der Waals surface area contributed by atoms with Gasteiger partial charge in [-0.25, -0.2) is 9.59 Å². The quantitative estimate of drug-likeness (QED) is 0.503. The Kier molecular flexibility index (Phi) is 8.12. The van der Waals surface area contributed by atoms with Gasteiger partial charge < -0.3 is 24.9 Å². The van der Waals surface area contributed by atoms with E-state index in [2.05, 4.69) is 14.7 Å². The van der Waals surface area contributed by atoms with Gasteiger partial charge in [-0.05, 0) is 55.2 Å². The fraction of sp³-hybridized carbons (Fsp3) is 0.375. The number of rotatable bonds is 5. The third kappa shape index (κ3) is 6.38. The molecule has 0 radical (unpaired) electrons. The minimum Gasteiger partial charge on any atom is -0.497 e. The maximum atomic E-state index is 12.1. The third-order valence-corrected chi connectivity index (χ3v) is 5.65. The predicted molar refractivity (Wildman–Crippen MR) is 126 cm³/mol. The van der Waals surface area contributed by atoms with Crippen molar-refractivity contribution in [3.8, 4) is 11.5 Å². The van der Waals surface area contributed by atoms with E-state index >= 15 is 0 Å². The first-order valence-electron chi connectivity index (χ1n) is 10.8. The first-order chi connectivity index (χ1) is 15.9. The fourth-order valence-electron chi connectivity index (χ4n) is 3.79. The molecule has 0 atom stereocenters. The lowest BCUT2D eigenvalue weighted by Gasteiger charge is -2.21. The maximum absolute atomic E-state index is 12.1. The number of hydrogen-bond acceptors (Lipinski definition) is 7. The highest BCUT2D eigenvalue weighted by molar-refractivity contribution is 5.99. The Labute approximate surface area is 190 Å². The molecule has 176 valence electrons. The van der Waals surface area contributed by atoms with Gasteiger partial charge in [0.05, 0.1) is 30.7 Å². The van der Waals surface area contributed by atoms with Crippen LogP contribution in [-0.2, 0) is 0 Å². The normalized spacial score (nSPS) is 13.6. The van der Waals surface area contributed by atoms with Crippen LogP contribution < -0.4 is 31.9 Å². The SMILES string of the molecule is COc1ccc(N)c(C(=O)NCC2CCCCC2)c1.COc1ccc2[nH]c(=O)oc(=O)c2c1. The van der Waals surface area contributed by atoms with Crippen LogP contribution in [0.2, 0.25) is 0 Å². The first-order valence-corrected chi connectivity index (χ1v) is 10.8. The molecule has 1 aromatic heterocycles. The van der Waals surface area contributed by atoms with Crippen molar-refractivity contribution in [3.05, 3.63) is 62.9 Å². The molecule has 2 aromatic carbocycles. The molecule has 9 nitrogen and oxygen atoms in total. The molecule has 1 aliphatic carbocycles. The molecular weight excluding hydrogens is 426 g/mol. The molecule has 1 aliphatic rings. The number of hydrogen-bond donors (Lipinski definition) is 3. The van der Waals surface area contributed by atoms with Crippen LogP contribution in [0.25, 0.3) is 10.9 Å². The summed E-state index contributed by atoms with van der Waals surface area (Å²) in [7, 11) is 3.07. The van der Waals surface area contributed by atoms with Gasteiger partial charge in [0.15, 0.2) is 0 Å². The van der Waals surface area contributed by atoms with E-state index in [1.165, 1.54) is 45.3 Å². The molecule has 9 heteroatoms. The van der Waals surface area contributed by atoms with Crippen molar-refractivity contribution in [2.24, 2.45) is 5.92 Å².